The molecule has 25 heavy (non-hydrogen) atoms. The zero-order valence-corrected chi connectivity index (χ0v) is 16.7. The molecule has 2 heterocycles. The lowest BCUT2D eigenvalue weighted by molar-refractivity contribution is 0.0945. The highest BCUT2D eigenvalue weighted by atomic mass is 35.5. The van der Waals surface area contributed by atoms with Gasteiger partial charge >= 0.3 is 0 Å². The van der Waals surface area contributed by atoms with Crippen molar-refractivity contribution < 1.29 is 9.53 Å². The number of aromatic nitrogens is 1. The number of amides is 1. The standard InChI is InChI=1S/C17H21N3O2S.2ClH/c1-3-22-14-6-4-13(5-7-14)17-20-11(2)15(23-17)16(21)19-10-12-8-18-9-12;;/h4-7,12,18H,3,8-10H2,1-2H3,(H,19,21);2*1H. The molecule has 1 aliphatic heterocycles. The molecule has 2 aromatic rings. The van der Waals surface area contributed by atoms with Crippen LogP contribution in [0.4, 0.5) is 0 Å². The molecule has 8 heteroatoms. The normalized spacial score (nSPS) is 13.2. The van der Waals surface area contributed by atoms with E-state index in [4.69, 9.17) is 4.74 Å². The lowest BCUT2D eigenvalue weighted by Gasteiger charge is -2.26. The molecular weight excluding hydrogens is 381 g/mol. The van der Waals surface area contributed by atoms with E-state index in [1.165, 1.54) is 11.3 Å². The number of carbonyl (C=O) groups excluding carboxylic acids is 1. The fourth-order valence-corrected chi connectivity index (χ4v) is 3.39. The Morgan fingerprint density at radius 1 is 1.32 bits per heavy atom. The van der Waals surface area contributed by atoms with E-state index >= 15 is 0 Å². The van der Waals surface area contributed by atoms with E-state index in [9.17, 15) is 4.79 Å². The lowest BCUT2D eigenvalue weighted by atomic mass is 10.0. The fraction of sp³-hybridized carbons (Fsp3) is 0.412. The summed E-state index contributed by atoms with van der Waals surface area (Å²) in [6.07, 6.45) is 0. The molecule has 0 atom stereocenters. The van der Waals surface area contributed by atoms with Crippen molar-refractivity contribution in [1.29, 1.82) is 0 Å². The van der Waals surface area contributed by atoms with E-state index in [0.29, 0.717) is 17.4 Å². The Bertz CT molecular complexity index is 688. The molecule has 0 unspecified atom stereocenters. The first kappa shape index (κ1) is 21.7. The average molecular weight is 404 g/mol. The van der Waals surface area contributed by atoms with Gasteiger partial charge in [-0.25, -0.2) is 4.98 Å². The summed E-state index contributed by atoms with van der Waals surface area (Å²) in [7, 11) is 0. The number of aryl methyl sites for hydroxylation is 1. The minimum Gasteiger partial charge on any atom is -0.494 e. The molecule has 1 aromatic heterocycles. The van der Waals surface area contributed by atoms with Gasteiger partial charge in [0.15, 0.2) is 0 Å². The second-order valence-corrected chi connectivity index (χ2v) is 6.62. The van der Waals surface area contributed by atoms with Gasteiger partial charge in [0.1, 0.15) is 15.6 Å². The highest BCUT2D eigenvalue weighted by Crippen LogP contribution is 2.29. The van der Waals surface area contributed by atoms with E-state index in [0.717, 1.165) is 41.6 Å². The summed E-state index contributed by atoms with van der Waals surface area (Å²) >= 11 is 1.44. The molecule has 1 aliphatic rings. The lowest BCUT2D eigenvalue weighted by Crippen LogP contribution is -2.48. The van der Waals surface area contributed by atoms with Crippen LogP contribution in [-0.2, 0) is 0 Å². The number of rotatable bonds is 6. The molecule has 3 rings (SSSR count). The van der Waals surface area contributed by atoms with Gasteiger partial charge in [-0.1, -0.05) is 0 Å². The van der Waals surface area contributed by atoms with E-state index in [1.807, 2.05) is 38.1 Å². The summed E-state index contributed by atoms with van der Waals surface area (Å²) in [6, 6.07) is 7.81. The first-order valence-corrected chi connectivity index (χ1v) is 8.68. The SMILES string of the molecule is CCOc1ccc(-c2nc(C)c(C(=O)NCC3CNC3)s2)cc1.Cl.Cl. The third kappa shape index (κ3) is 5.31. The van der Waals surface area contributed by atoms with Crippen LogP contribution in [0, 0.1) is 12.8 Å². The number of ether oxygens (including phenoxy) is 1. The van der Waals surface area contributed by atoms with Crippen LogP contribution in [0.5, 0.6) is 5.75 Å². The zero-order valence-electron chi connectivity index (χ0n) is 14.2. The van der Waals surface area contributed by atoms with Crippen LogP contribution in [0.2, 0.25) is 0 Å². The van der Waals surface area contributed by atoms with Crippen LogP contribution in [0.3, 0.4) is 0 Å². The van der Waals surface area contributed by atoms with Crippen molar-refractivity contribution in [2.24, 2.45) is 5.92 Å². The molecule has 0 saturated carbocycles. The van der Waals surface area contributed by atoms with Gasteiger partial charge in [-0.3, -0.25) is 4.79 Å². The minimum atomic E-state index is -0.0240. The smallest absolute Gasteiger partial charge is 0.263 e. The molecule has 0 radical (unpaired) electrons. The van der Waals surface area contributed by atoms with Crippen molar-refractivity contribution in [2.75, 3.05) is 26.2 Å². The van der Waals surface area contributed by atoms with Gasteiger partial charge in [0, 0.05) is 31.1 Å². The van der Waals surface area contributed by atoms with Crippen LogP contribution in [0.15, 0.2) is 24.3 Å². The van der Waals surface area contributed by atoms with Gasteiger partial charge in [-0.2, -0.15) is 0 Å². The number of halogens is 2. The Hall–Kier alpha value is -1.34. The third-order valence-corrected chi connectivity index (χ3v) is 5.04. The minimum absolute atomic E-state index is 0. The quantitative estimate of drug-likeness (QED) is 0.776. The predicted octanol–water partition coefficient (Wildman–Crippen LogP) is 3.31. The van der Waals surface area contributed by atoms with Crippen LogP contribution < -0.4 is 15.4 Å². The number of hydrogen-bond acceptors (Lipinski definition) is 5. The van der Waals surface area contributed by atoms with Gasteiger partial charge in [0.05, 0.1) is 12.3 Å². The molecule has 1 amide bonds. The van der Waals surface area contributed by atoms with E-state index in [-0.39, 0.29) is 30.7 Å². The molecule has 2 N–H and O–H groups in total. The van der Waals surface area contributed by atoms with Gasteiger partial charge in [0.25, 0.3) is 5.91 Å². The second kappa shape index (κ2) is 9.97. The summed E-state index contributed by atoms with van der Waals surface area (Å²) in [5, 5.41) is 7.07. The summed E-state index contributed by atoms with van der Waals surface area (Å²) in [5.74, 6) is 1.37. The highest BCUT2D eigenvalue weighted by molar-refractivity contribution is 7.17. The Morgan fingerprint density at radius 3 is 2.56 bits per heavy atom. The number of nitrogens with zero attached hydrogens (tertiary/aromatic N) is 1. The van der Waals surface area contributed by atoms with E-state index in [1.54, 1.807) is 0 Å². The van der Waals surface area contributed by atoms with E-state index < -0.39 is 0 Å². The number of benzene rings is 1. The van der Waals surface area contributed by atoms with Crippen molar-refractivity contribution in [2.45, 2.75) is 13.8 Å². The number of thiazole rings is 1. The predicted molar refractivity (Wildman–Crippen MR) is 107 cm³/mol. The molecule has 1 saturated heterocycles. The van der Waals surface area contributed by atoms with Crippen LogP contribution in [-0.4, -0.2) is 37.1 Å². The number of hydrogen-bond donors (Lipinski definition) is 2. The van der Waals surface area contributed by atoms with Crippen LogP contribution in [0.1, 0.15) is 22.3 Å². The maximum absolute atomic E-state index is 12.3. The largest absolute Gasteiger partial charge is 0.494 e. The Kier molecular flexibility index (Phi) is 8.65. The number of carbonyl (C=O) groups is 1. The average Bonchev–Trinajstić information content (AvgIpc) is 2.89. The van der Waals surface area contributed by atoms with E-state index in [2.05, 4.69) is 15.6 Å². The Balaban J connectivity index is 0.00000156. The van der Waals surface area contributed by atoms with Crippen LogP contribution >= 0.6 is 36.2 Å². The molecule has 0 bridgehead atoms. The highest BCUT2D eigenvalue weighted by Gasteiger charge is 2.20. The topological polar surface area (TPSA) is 63.2 Å². The summed E-state index contributed by atoms with van der Waals surface area (Å²) in [4.78, 5) is 17.6. The summed E-state index contributed by atoms with van der Waals surface area (Å²) in [6.45, 7) is 7.19. The van der Waals surface area contributed by atoms with Crippen LogP contribution in [0.25, 0.3) is 10.6 Å². The molecule has 138 valence electrons. The van der Waals surface area contributed by atoms with Gasteiger partial charge in [-0.05, 0) is 38.1 Å². The summed E-state index contributed by atoms with van der Waals surface area (Å²) < 4.78 is 5.45. The maximum atomic E-state index is 12.3. The first-order chi connectivity index (χ1) is 11.2. The first-order valence-electron chi connectivity index (χ1n) is 7.87. The zero-order chi connectivity index (χ0) is 16.2. The van der Waals surface area contributed by atoms with Gasteiger partial charge < -0.3 is 15.4 Å². The molecule has 0 spiro atoms. The summed E-state index contributed by atoms with van der Waals surface area (Å²) in [5.41, 5.74) is 1.78. The van der Waals surface area contributed by atoms with Crippen molar-refractivity contribution in [1.82, 2.24) is 15.6 Å². The van der Waals surface area contributed by atoms with Gasteiger partial charge in [-0.15, -0.1) is 36.2 Å². The second-order valence-electron chi connectivity index (χ2n) is 5.63. The van der Waals surface area contributed by atoms with Crippen molar-refractivity contribution in [3.63, 3.8) is 0 Å². The van der Waals surface area contributed by atoms with Crippen molar-refractivity contribution in [3.05, 3.63) is 34.8 Å². The monoisotopic (exact) mass is 403 g/mol. The molecule has 1 fully saturated rings. The molecule has 1 aromatic carbocycles. The number of nitrogens with one attached hydrogen (secondary N) is 2. The molecule has 5 nitrogen and oxygen atoms in total. The Morgan fingerprint density at radius 2 is 2.00 bits per heavy atom. The fourth-order valence-electron chi connectivity index (χ4n) is 2.40. The third-order valence-electron chi connectivity index (χ3n) is 3.83. The van der Waals surface area contributed by atoms with Crippen molar-refractivity contribution >= 4 is 42.1 Å². The molecule has 0 aliphatic carbocycles. The van der Waals surface area contributed by atoms with Crippen molar-refractivity contribution in [3.8, 4) is 16.3 Å². The maximum Gasteiger partial charge on any atom is 0.263 e. The van der Waals surface area contributed by atoms with Gasteiger partial charge in [0.2, 0.25) is 0 Å². The Labute approximate surface area is 164 Å². The molecular formula is C17H23Cl2N3O2S.